The quantitative estimate of drug-likeness (QED) is 0.199. The molecule has 1 saturated heterocycles. The van der Waals surface area contributed by atoms with Gasteiger partial charge >= 0.3 is 19.4 Å². The highest BCUT2D eigenvalue weighted by atomic mass is 31.2. The number of hydrogen-bond donors (Lipinski definition) is 3. The van der Waals surface area contributed by atoms with Crippen molar-refractivity contribution >= 4 is 36.2 Å². The van der Waals surface area contributed by atoms with E-state index in [0.717, 1.165) is 38.2 Å². The highest BCUT2D eigenvalue weighted by Gasteiger charge is 2.52. The Bertz CT molecular complexity index is 1460. The van der Waals surface area contributed by atoms with Gasteiger partial charge in [0.05, 0.1) is 24.4 Å². The van der Waals surface area contributed by atoms with Gasteiger partial charge in [0.2, 0.25) is 5.43 Å². The first-order chi connectivity index (χ1) is 20.3. The lowest BCUT2D eigenvalue weighted by Crippen LogP contribution is -2.39. The van der Waals surface area contributed by atoms with Crippen LogP contribution in [0, 0.1) is 5.82 Å². The van der Waals surface area contributed by atoms with E-state index in [1.54, 1.807) is 10.6 Å². The van der Waals surface area contributed by atoms with E-state index in [0.29, 0.717) is 18.4 Å². The molecular weight excluding hydrogens is 594 g/mol. The molecule has 43 heavy (non-hydrogen) atoms. The van der Waals surface area contributed by atoms with Crippen LogP contribution in [-0.4, -0.2) is 58.6 Å². The summed E-state index contributed by atoms with van der Waals surface area (Å²) in [6.45, 7) is 2.70. The first kappa shape index (κ1) is 32.8. The fourth-order valence-corrected chi connectivity index (χ4v) is 6.20. The molecule has 15 heteroatoms. The smallest absolute Gasteiger partial charge is 0.427 e. The standard InChI is InChI=1S/C28H37F3N3O8P/c1-4-18(5-2)34-13-20(25(35)19-11-21(29)22(12-23(19)34)33-17-9-7-6-8-10-17)26(36)32-15-28(30,31)43(38,39)40-14-24-16(3)41-27(37)42-24/h11-13,16-18,24,33H,4-10,14-15H2,1-3H3,(H,32,36)(H,38,39). The Balaban J connectivity index is 1.58. The first-order valence-corrected chi connectivity index (χ1v) is 16.0. The summed E-state index contributed by atoms with van der Waals surface area (Å²) in [5.41, 5.74) is -5.24. The summed E-state index contributed by atoms with van der Waals surface area (Å²) >= 11 is 0. The number of benzene rings is 1. The number of pyridine rings is 1. The van der Waals surface area contributed by atoms with Gasteiger partial charge in [-0.25, -0.2) is 9.18 Å². The summed E-state index contributed by atoms with van der Waals surface area (Å²) in [7, 11) is -5.69. The van der Waals surface area contributed by atoms with Crippen LogP contribution in [0.3, 0.4) is 0 Å². The van der Waals surface area contributed by atoms with E-state index in [2.05, 4.69) is 19.3 Å². The lowest BCUT2D eigenvalue weighted by Gasteiger charge is -2.26. The summed E-state index contributed by atoms with van der Waals surface area (Å²) < 4.78 is 72.6. The van der Waals surface area contributed by atoms with Crippen molar-refractivity contribution in [2.45, 2.75) is 95.7 Å². The monoisotopic (exact) mass is 631 g/mol. The fourth-order valence-electron chi connectivity index (χ4n) is 5.39. The summed E-state index contributed by atoms with van der Waals surface area (Å²) in [5, 5.41) is 4.98. The Hall–Kier alpha value is -3.09. The van der Waals surface area contributed by atoms with Gasteiger partial charge in [-0.1, -0.05) is 33.1 Å². The fraction of sp³-hybridized carbons (Fsp3) is 0.607. The Morgan fingerprint density at radius 2 is 1.86 bits per heavy atom. The molecule has 2 aliphatic rings. The Morgan fingerprint density at radius 1 is 1.19 bits per heavy atom. The van der Waals surface area contributed by atoms with Gasteiger partial charge in [-0.05, 0) is 44.7 Å². The number of amides is 1. The molecule has 0 bridgehead atoms. The average Bonchev–Trinajstić information content (AvgIpc) is 3.30. The zero-order valence-corrected chi connectivity index (χ0v) is 25.1. The molecule has 1 aromatic heterocycles. The lowest BCUT2D eigenvalue weighted by molar-refractivity contribution is 0.0309. The van der Waals surface area contributed by atoms with Gasteiger partial charge in [0.25, 0.3) is 5.91 Å². The van der Waals surface area contributed by atoms with Crippen LogP contribution in [-0.2, 0) is 18.6 Å². The number of halogens is 3. The summed E-state index contributed by atoms with van der Waals surface area (Å²) in [6.07, 6.45) is 4.29. The molecule has 2 aromatic rings. The van der Waals surface area contributed by atoms with E-state index in [9.17, 15) is 32.6 Å². The largest absolute Gasteiger partial charge is 0.509 e. The van der Waals surface area contributed by atoms with E-state index in [1.807, 2.05) is 19.2 Å². The molecule has 1 saturated carbocycles. The maximum Gasteiger partial charge on any atom is 0.509 e. The van der Waals surface area contributed by atoms with E-state index >= 15 is 4.39 Å². The molecule has 3 N–H and O–H groups in total. The van der Waals surface area contributed by atoms with Crippen LogP contribution in [0.5, 0.6) is 0 Å². The van der Waals surface area contributed by atoms with Gasteiger partial charge in [0.15, 0.2) is 6.10 Å². The van der Waals surface area contributed by atoms with Gasteiger partial charge < -0.3 is 34.1 Å². The zero-order valence-electron chi connectivity index (χ0n) is 24.2. The van der Waals surface area contributed by atoms with Crippen LogP contribution in [0.1, 0.15) is 82.1 Å². The minimum Gasteiger partial charge on any atom is -0.427 e. The number of alkyl halides is 2. The van der Waals surface area contributed by atoms with Gasteiger partial charge in [-0.15, -0.1) is 0 Å². The van der Waals surface area contributed by atoms with Gasteiger partial charge in [0.1, 0.15) is 17.5 Å². The normalized spacial score (nSPS) is 21.0. The molecule has 3 unspecified atom stereocenters. The zero-order chi connectivity index (χ0) is 31.5. The van der Waals surface area contributed by atoms with E-state index in [1.165, 1.54) is 13.1 Å². The number of nitrogens with one attached hydrogen (secondary N) is 2. The summed E-state index contributed by atoms with van der Waals surface area (Å²) in [6, 6.07) is 2.48. The predicted molar refractivity (Wildman–Crippen MR) is 152 cm³/mol. The van der Waals surface area contributed by atoms with Crippen molar-refractivity contribution in [2.75, 3.05) is 18.5 Å². The first-order valence-electron chi connectivity index (χ1n) is 14.4. The second-order valence-electron chi connectivity index (χ2n) is 11.0. The third kappa shape index (κ3) is 7.18. The van der Waals surface area contributed by atoms with Crippen molar-refractivity contribution in [3.05, 3.63) is 39.9 Å². The third-order valence-corrected chi connectivity index (χ3v) is 9.49. The molecule has 0 radical (unpaired) electrons. The highest BCUT2D eigenvalue weighted by Crippen LogP contribution is 2.57. The van der Waals surface area contributed by atoms with Crippen LogP contribution in [0.2, 0.25) is 0 Å². The molecule has 1 aliphatic heterocycles. The molecule has 11 nitrogen and oxygen atoms in total. The van der Waals surface area contributed by atoms with Crippen LogP contribution >= 0.6 is 7.60 Å². The predicted octanol–water partition coefficient (Wildman–Crippen LogP) is 5.69. The molecule has 238 valence electrons. The number of carbonyl (C=O) groups is 2. The van der Waals surface area contributed by atoms with Gasteiger partial charge in [0, 0.05) is 23.7 Å². The molecule has 0 spiro atoms. The molecule has 1 aliphatic carbocycles. The van der Waals surface area contributed by atoms with E-state index in [-0.39, 0.29) is 23.2 Å². The number of aromatic nitrogens is 1. The maximum absolute atomic E-state index is 15.2. The van der Waals surface area contributed by atoms with Gasteiger partial charge in [-0.3, -0.25) is 14.2 Å². The van der Waals surface area contributed by atoms with Crippen molar-refractivity contribution < 1.29 is 46.2 Å². The van der Waals surface area contributed by atoms with Crippen LogP contribution < -0.4 is 16.1 Å². The number of nitrogens with zero attached hydrogens (tertiary/aromatic N) is 1. The Labute approximate surface area is 246 Å². The van der Waals surface area contributed by atoms with Crippen LogP contribution in [0.4, 0.5) is 23.7 Å². The third-order valence-electron chi connectivity index (χ3n) is 8.01. The topological polar surface area (TPSA) is 145 Å². The van der Waals surface area contributed by atoms with Crippen molar-refractivity contribution in [3.8, 4) is 0 Å². The van der Waals surface area contributed by atoms with E-state index in [4.69, 9.17) is 0 Å². The Morgan fingerprint density at radius 3 is 2.47 bits per heavy atom. The number of rotatable bonds is 12. The maximum atomic E-state index is 15.2. The molecule has 2 fully saturated rings. The number of cyclic esters (lactones) is 2. The summed E-state index contributed by atoms with van der Waals surface area (Å²) in [5.74, 6) is -1.91. The van der Waals surface area contributed by atoms with Crippen molar-refractivity contribution in [3.63, 3.8) is 0 Å². The SMILES string of the molecule is CCC(CC)n1cc(C(=O)NCC(F)(F)P(=O)(O)OCC2OC(=O)OC2C)c(=O)c2cc(F)c(NC3CCCCC3)cc21. The summed E-state index contributed by atoms with van der Waals surface area (Å²) in [4.78, 5) is 47.5. The van der Waals surface area contributed by atoms with Gasteiger partial charge in [-0.2, -0.15) is 8.78 Å². The highest BCUT2D eigenvalue weighted by molar-refractivity contribution is 7.54. The number of carbonyl (C=O) groups excluding carboxylic acids is 2. The van der Waals surface area contributed by atoms with Crippen LogP contribution in [0.15, 0.2) is 23.1 Å². The number of ether oxygens (including phenoxy) is 2. The second kappa shape index (κ2) is 13.3. The number of hydrogen-bond acceptors (Lipinski definition) is 8. The average molecular weight is 632 g/mol. The number of anilines is 1. The Kier molecular flexibility index (Phi) is 10.1. The van der Waals surface area contributed by atoms with Crippen molar-refractivity contribution in [2.24, 2.45) is 0 Å². The number of fused-ring (bicyclic) bond motifs is 1. The second-order valence-corrected chi connectivity index (χ2v) is 12.9. The minimum absolute atomic E-state index is 0.0946. The molecule has 3 atom stereocenters. The van der Waals surface area contributed by atoms with E-state index < -0.39 is 67.5 Å². The van der Waals surface area contributed by atoms with Crippen molar-refractivity contribution in [1.29, 1.82) is 0 Å². The lowest BCUT2D eigenvalue weighted by atomic mass is 9.95. The van der Waals surface area contributed by atoms with Crippen molar-refractivity contribution in [1.82, 2.24) is 9.88 Å². The minimum atomic E-state index is -5.69. The molecule has 2 heterocycles. The molecule has 1 amide bonds. The van der Waals surface area contributed by atoms with Crippen LogP contribution in [0.25, 0.3) is 10.9 Å². The molecular formula is C28H37F3N3O8P. The molecule has 1 aromatic carbocycles. The molecule has 4 rings (SSSR count).